The third kappa shape index (κ3) is 3.35. The molecular weight excluding hydrogens is 276 g/mol. The predicted molar refractivity (Wildman–Crippen MR) is 60.3 cm³/mol. The third-order valence-electron chi connectivity index (χ3n) is 2.09. The number of nitrogens with one attached hydrogen (secondary N) is 2. The summed E-state index contributed by atoms with van der Waals surface area (Å²) in [6, 6.07) is 0. The van der Waals surface area contributed by atoms with Crippen molar-refractivity contribution in [1.29, 1.82) is 0 Å². The van der Waals surface area contributed by atoms with Crippen LogP contribution in [0.3, 0.4) is 0 Å². The number of aromatic amines is 1. The maximum absolute atomic E-state index is 11.7. The van der Waals surface area contributed by atoms with Crippen molar-refractivity contribution in [2.75, 3.05) is 0 Å². The van der Waals surface area contributed by atoms with Gasteiger partial charge in [0.05, 0.1) is 31.0 Å². The number of sulfonamides is 1. The van der Waals surface area contributed by atoms with Crippen molar-refractivity contribution in [3.8, 4) is 0 Å². The van der Waals surface area contributed by atoms with Gasteiger partial charge in [0.15, 0.2) is 5.03 Å². The van der Waals surface area contributed by atoms with Crippen molar-refractivity contribution < 1.29 is 18.3 Å². The second-order valence-corrected chi connectivity index (χ2v) is 5.28. The Bertz CT molecular complexity index is 661. The molecule has 0 aliphatic rings. The zero-order valence-electron chi connectivity index (χ0n) is 9.52. The van der Waals surface area contributed by atoms with E-state index >= 15 is 0 Å². The van der Waals surface area contributed by atoms with Gasteiger partial charge in [-0.2, -0.15) is 0 Å². The summed E-state index contributed by atoms with van der Waals surface area (Å²) in [7, 11) is -3.69. The Hall–Kier alpha value is -2.27. The first-order chi connectivity index (χ1) is 8.97. The molecule has 10 nitrogen and oxygen atoms in total. The third-order valence-corrected chi connectivity index (χ3v) is 3.42. The molecular formula is C8H10N6O4S. The minimum Gasteiger partial charge on any atom is -0.480 e. The number of imidazole rings is 1. The number of aromatic nitrogens is 5. The Kier molecular flexibility index (Phi) is 3.57. The van der Waals surface area contributed by atoms with E-state index in [4.69, 9.17) is 5.11 Å². The molecule has 102 valence electrons. The SMILES string of the molecule is O=C(O)Cn1cc(CNS(=O)(=O)c2cnc[nH]2)nn1. The molecule has 0 aromatic carbocycles. The van der Waals surface area contributed by atoms with Gasteiger partial charge in [-0.15, -0.1) is 5.10 Å². The molecule has 3 N–H and O–H groups in total. The molecule has 0 saturated heterocycles. The molecule has 11 heteroatoms. The van der Waals surface area contributed by atoms with Gasteiger partial charge in [0.25, 0.3) is 10.0 Å². The lowest BCUT2D eigenvalue weighted by atomic mass is 10.5. The highest BCUT2D eigenvalue weighted by atomic mass is 32.2. The molecule has 0 atom stereocenters. The quantitative estimate of drug-likeness (QED) is 0.590. The number of hydrogen-bond donors (Lipinski definition) is 3. The van der Waals surface area contributed by atoms with Gasteiger partial charge in [-0.3, -0.25) is 4.79 Å². The Balaban J connectivity index is 1.99. The maximum atomic E-state index is 11.7. The van der Waals surface area contributed by atoms with E-state index in [9.17, 15) is 13.2 Å². The summed E-state index contributed by atoms with van der Waals surface area (Å²) in [5.41, 5.74) is 0.310. The molecule has 0 aliphatic heterocycles. The standard InChI is InChI=1S/C8H10N6O4S/c15-8(16)4-14-3-6(12-13-14)1-11-19(17,18)7-2-9-5-10-7/h2-3,5,11H,1,4H2,(H,9,10)(H,15,16). The normalized spacial score (nSPS) is 11.6. The fourth-order valence-electron chi connectivity index (χ4n) is 1.27. The molecule has 0 spiro atoms. The number of aliphatic carboxylic acids is 1. The van der Waals surface area contributed by atoms with Crippen LogP contribution in [0.5, 0.6) is 0 Å². The Morgan fingerprint density at radius 1 is 1.53 bits per heavy atom. The molecule has 19 heavy (non-hydrogen) atoms. The monoisotopic (exact) mass is 286 g/mol. The molecule has 0 radical (unpaired) electrons. The van der Waals surface area contributed by atoms with E-state index < -0.39 is 16.0 Å². The number of H-pyrrole nitrogens is 1. The van der Waals surface area contributed by atoms with Crippen molar-refractivity contribution in [3.05, 3.63) is 24.4 Å². The first-order valence-electron chi connectivity index (χ1n) is 5.06. The van der Waals surface area contributed by atoms with Crippen molar-refractivity contribution in [2.24, 2.45) is 0 Å². The summed E-state index contributed by atoms with van der Waals surface area (Å²) in [6.07, 6.45) is 3.77. The topological polar surface area (TPSA) is 143 Å². The first kappa shape index (κ1) is 13.2. The lowest BCUT2D eigenvalue weighted by Gasteiger charge is -2.01. The van der Waals surface area contributed by atoms with Crippen LogP contribution in [-0.4, -0.2) is 44.5 Å². The lowest BCUT2D eigenvalue weighted by molar-refractivity contribution is -0.137. The molecule has 2 aromatic heterocycles. The highest BCUT2D eigenvalue weighted by Crippen LogP contribution is 2.03. The minimum atomic E-state index is -3.69. The number of rotatable bonds is 6. The molecule has 0 bridgehead atoms. The van der Waals surface area contributed by atoms with Gasteiger partial charge in [0, 0.05) is 0 Å². The molecule has 0 saturated carbocycles. The second-order valence-electron chi connectivity index (χ2n) is 3.54. The number of carboxylic acid groups (broad SMARTS) is 1. The molecule has 0 unspecified atom stereocenters. The van der Waals surface area contributed by atoms with Crippen LogP contribution in [0.1, 0.15) is 5.69 Å². The van der Waals surface area contributed by atoms with Gasteiger partial charge in [-0.05, 0) is 0 Å². The fourth-order valence-corrected chi connectivity index (χ4v) is 2.17. The van der Waals surface area contributed by atoms with Gasteiger partial charge in [-0.25, -0.2) is 22.8 Å². The number of nitrogens with zero attached hydrogens (tertiary/aromatic N) is 4. The lowest BCUT2D eigenvalue weighted by Crippen LogP contribution is -2.23. The van der Waals surface area contributed by atoms with Crippen molar-refractivity contribution in [3.63, 3.8) is 0 Å². The highest BCUT2D eigenvalue weighted by molar-refractivity contribution is 7.89. The summed E-state index contributed by atoms with van der Waals surface area (Å²) < 4.78 is 26.8. The van der Waals surface area contributed by atoms with E-state index in [0.29, 0.717) is 5.69 Å². The molecule has 0 fully saturated rings. The number of carboxylic acids is 1. The minimum absolute atomic E-state index is 0.0644. The van der Waals surface area contributed by atoms with Crippen LogP contribution in [-0.2, 0) is 27.9 Å². The van der Waals surface area contributed by atoms with E-state index in [1.165, 1.54) is 18.7 Å². The smallest absolute Gasteiger partial charge is 0.325 e. The number of carbonyl (C=O) groups is 1. The summed E-state index contributed by atoms with van der Waals surface area (Å²) in [6.45, 7) is -0.429. The van der Waals surface area contributed by atoms with E-state index in [0.717, 1.165) is 4.68 Å². The van der Waals surface area contributed by atoms with Crippen LogP contribution in [0, 0.1) is 0 Å². The number of hydrogen-bond acceptors (Lipinski definition) is 6. The summed E-state index contributed by atoms with van der Waals surface area (Å²) >= 11 is 0. The molecule has 2 heterocycles. The average molecular weight is 286 g/mol. The van der Waals surface area contributed by atoms with Gasteiger partial charge in [0.1, 0.15) is 6.54 Å². The Morgan fingerprint density at radius 2 is 2.32 bits per heavy atom. The van der Waals surface area contributed by atoms with E-state index in [2.05, 4.69) is 25.0 Å². The fraction of sp³-hybridized carbons (Fsp3) is 0.250. The molecule has 0 amide bonds. The Morgan fingerprint density at radius 3 is 2.95 bits per heavy atom. The van der Waals surface area contributed by atoms with Gasteiger partial charge in [0.2, 0.25) is 0 Å². The van der Waals surface area contributed by atoms with Gasteiger partial charge < -0.3 is 10.1 Å². The van der Waals surface area contributed by atoms with E-state index in [-0.39, 0.29) is 18.1 Å². The maximum Gasteiger partial charge on any atom is 0.325 e. The van der Waals surface area contributed by atoms with E-state index in [1.807, 2.05) is 0 Å². The van der Waals surface area contributed by atoms with E-state index in [1.54, 1.807) is 0 Å². The van der Waals surface area contributed by atoms with Crippen molar-refractivity contribution >= 4 is 16.0 Å². The van der Waals surface area contributed by atoms with Crippen LogP contribution in [0.15, 0.2) is 23.7 Å². The molecule has 2 rings (SSSR count). The van der Waals surface area contributed by atoms with Crippen LogP contribution in [0.2, 0.25) is 0 Å². The summed E-state index contributed by atoms with van der Waals surface area (Å²) in [5, 5.41) is 15.7. The highest BCUT2D eigenvalue weighted by Gasteiger charge is 2.15. The van der Waals surface area contributed by atoms with Gasteiger partial charge in [-0.1, -0.05) is 5.21 Å². The summed E-state index contributed by atoms with van der Waals surface area (Å²) in [5.74, 6) is -1.06. The van der Waals surface area contributed by atoms with Crippen molar-refractivity contribution in [2.45, 2.75) is 18.1 Å². The first-order valence-corrected chi connectivity index (χ1v) is 6.54. The zero-order valence-corrected chi connectivity index (χ0v) is 10.3. The summed E-state index contributed by atoms with van der Waals surface area (Å²) in [4.78, 5) is 16.5. The average Bonchev–Trinajstić information content (AvgIpc) is 2.96. The van der Waals surface area contributed by atoms with Crippen molar-refractivity contribution in [1.82, 2.24) is 29.7 Å². The predicted octanol–water partition coefficient (Wildman–Crippen LogP) is -1.44. The van der Waals surface area contributed by atoms with Gasteiger partial charge >= 0.3 is 5.97 Å². The second kappa shape index (κ2) is 5.16. The van der Waals surface area contributed by atoms with Crippen LogP contribution in [0.25, 0.3) is 0 Å². The van der Waals surface area contributed by atoms with Crippen LogP contribution in [0.4, 0.5) is 0 Å². The largest absolute Gasteiger partial charge is 0.480 e. The zero-order chi connectivity index (χ0) is 13.9. The van der Waals surface area contributed by atoms with Crippen LogP contribution >= 0.6 is 0 Å². The van der Waals surface area contributed by atoms with Crippen LogP contribution < -0.4 is 4.72 Å². The Labute approximate surface area is 107 Å². The molecule has 2 aromatic rings. The molecule has 0 aliphatic carbocycles.